The van der Waals surface area contributed by atoms with E-state index >= 15 is 0 Å². The van der Waals surface area contributed by atoms with Crippen molar-refractivity contribution in [2.75, 3.05) is 31.5 Å². The highest BCUT2D eigenvalue weighted by Gasteiger charge is 2.46. The number of rotatable bonds is 5. The third kappa shape index (κ3) is 4.86. The summed E-state index contributed by atoms with van der Waals surface area (Å²) in [4.78, 5) is 33.2. The third-order valence-electron chi connectivity index (χ3n) is 6.77. The second-order valence-corrected chi connectivity index (χ2v) is 9.12. The van der Waals surface area contributed by atoms with Gasteiger partial charge in [-0.3, -0.25) is 14.6 Å². The minimum Gasteiger partial charge on any atom is -0.355 e. The number of pyridine rings is 1. The van der Waals surface area contributed by atoms with Crippen molar-refractivity contribution in [1.82, 2.24) is 15.2 Å². The lowest BCUT2D eigenvalue weighted by atomic mass is 9.73. The van der Waals surface area contributed by atoms with Gasteiger partial charge in [0.2, 0.25) is 5.91 Å². The molecule has 37 heavy (non-hydrogen) atoms. The Balaban J connectivity index is 1.44. The first-order chi connectivity index (χ1) is 17.8. The van der Waals surface area contributed by atoms with E-state index in [1.807, 2.05) is 6.07 Å². The van der Waals surface area contributed by atoms with Crippen LogP contribution in [0, 0.1) is 5.41 Å². The Bertz CT molecular complexity index is 1400. The molecule has 190 valence electrons. The van der Waals surface area contributed by atoms with Gasteiger partial charge in [-0.05, 0) is 30.7 Å². The SMILES string of the molecule is O=C(c1ccccc1)C1(C(=O)N2CCNCC2)C=CC(Nc2ccnc3cc(C(F)(F)F)ccc23)=CC1. The van der Waals surface area contributed by atoms with E-state index < -0.39 is 17.2 Å². The van der Waals surface area contributed by atoms with Crippen molar-refractivity contribution in [3.8, 4) is 0 Å². The van der Waals surface area contributed by atoms with Crippen LogP contribution in [0.2, 0.25) is 0 Å². The zero-order valence-electron chi connectivity index (χ0n) is 19.9. The average molecular weight is 507 g/mol. The molecule has 5 rings (SSSR count). The van der Waals surface area contributed by atoms with E-state index in [4.69, 9.17) is 0 Å². The number of hydrogen-bond acceptors (Lipinski definition) is 5. The number of fused-ring (bicyclic) bond motifs is 1. The first-order valence-corrected chi connectivity index (χ1v) is 12.0. The van der Waals surface area contributed by atoms with Crippen LogP contribution >= 0.6 is 0 Å². The number of allylic oxidation sites excluding steroid dienone is 2. The summed E-state index contributed by atoms with van der Waals surface area (Å²) in [6.45, 7) is 2.38. The maximum Gasteiger partial charge on any atom is 0.416 e. The zero-order chi connectivity index (χ0) is 26.0. The number of ketones is 1. The number of hydrogen-bond donors (Lipinski definition) is 2. The summed E-state index contributed by atoms with van der Waals surface area (Å²) in [6, 6.07) is 13.9. The number of nitrogens with one attached hydrogen (secondary N) is 2. The molecule has 1 aliphatic heterocycles. The van der Waals surface area contributed by atoms with Crippen molar-refractivity contribution in [2.24, 2.45) is 5.41 Å². The van der Waals surface area contributed by atoms with E-state index in [0.717, 1.165) is 12.1 Å². The Morgan fingerprint density at radius 3 is 2.46 bits per heavy atom. The summed E-state index contributed by atoms with van der Waals surface area (Å²) in [5.74, 6) is -0.499. The maximum absolute atomic E-state index is 13.7. The van der Waals surface area contributed by atoms with Crippen LogP contribution in [0.3, 0.4) is 0 Å². The van der Waals surface area contributed by atoms with Gasteiger partial charge in [-0.25, -0.2) is 0 Å². The van der Waals surface area contributed by atoms with E-state index in [9.17, 15) is 22.8 Å². The molecule has 1 atom stereocenters. The van der Waals surface area contributed by atoms with Crippen LogP contribution in [0.25, 0.3) is 10.9 Å². The van der Waals surface area contributed by atoms with E-state index in [-0.39, 0.29) is 23.6 Å². The fraction of sp³-hybridized carbons (Fsp3) is 0.250. The zero-order valence-corrected chi connectivity index (χ0v) is 19.9. The Hall–Kier alpha value is -3.98. The van der Waals surface area contributed by atoms with Crippen molar-refractivity contribution >= 4 is 28.3 Å². The van der Waals surface area contributed by atoms with Gasteiger partial charge >= 0.3 is 6.18 Å². The molecular weight excluding hydrogens is 481 g/mol. The number of anilines is 1. The molecule has 1 aromatic heterocycles. The van der Waals surface area contributed by atoms with Crippen molar-refractivity contribution < 1.29 is 22.8 Å². The minimum absolute atomic E-state index is 0.156. The lowest BCUT2D eigenvalue weighted by Crippen LogP contribution is -2.54. The summed E-state index contributed by atoms with van der Waals surface area (Å²) in [5, 5.41) is 6.97. The summed E-state index contributed by atoms with van der Waals surface area (Å²) in [7, 11) is 0. The third-order valence-corrected chi connectivity index (χ3v) is 6.77. The highest BCUT2D eigenvalue weighted by molar-refractivity contribution is 6.16. The highest BCUT2D eigenvalue weighted by atomic mass is 19.4. The van der Waals surface area contributed by atoms with Crippen molar-refractivity contribution in [1.29, 1.82) is 0 Å². The molecule has 2 N–H and O–H groups in total. The molecule has 2 aromatic carbocycles. The van der Waals surface area contributed by atoms with Gasteiger partial charge < -0.3 is 15.5 Å². The quantitative estimate of drug-likeness (QED) is 0.384. The molecule has 9 heteroatoms. The standard InChI is InChI=1S/C28H25F3N4O2/c29-28(30,31)20-6-7-22-23(10-13-33-24(22)18-20)34-21-8-11-27(12-9-21,25(36)19-4-2-1-3-5-19)26(37)35-16-14-32-15-17-35/h1-11,13,18,32H,12,14-17H2,(H,33,34). The summed E-state index contributed by atoms with van der Waals surface area (Å²) < 4.78 is 39.4. The van der Waals surface area contributed by atoms with Crippen molar-refractivity contribution in [3.63, 3.8) is 0 Å². The maximum atomic E-state index is 13.7. The Labute approximate surface area is 211 Å². The Morgan fingerprint density at radius 2 is 1.78 bits per heavy atom. The smallest absolute Gasteiger partial charge is 0.355 e. The molecule has 0 radical (unpaired) electrons. The molecule has 2 heterocycles. The highest BCUT2D eigenvalue weighted by Crippen LogP contribution is 2.37. The van der Waals surface area contributed by atoms with E-state index in [0.29, 0.717) is 48.5 Å². The summed E-state index contributed by atoms with van der Waals surface area (Å²) in [6.07, 6.45) is 2.27. The van der Waals surface area contributed by atoms with Gasteiger partial charge in [0.25, 0.3) is 0 Å². The van der Waals surface area contributed by atoms with Crippen LogP contribution in [0.15, 0.2) is 84.7 Å². The van der Waals surface area contributed by atoms with Crippen LogP contribution in [-0.4, -0.2) is 47.8 Å². The van der Waals surface area contributed by atoms with E-state index in [1.165, 1.54) is 12.3 Å². The molecule has 1 fully saturated rings. The number of nitrogens with zero attached hydrogens (tertiary/aromatic N) is 2. The number of aromatic nitrogens is 1. The second-order valence-electron chi connectivity index (χ2n) is 9.12. The number of halogens is 3. The topological polar surface area (TPSA) is 74.3 Å². The molecule has 2 aliphatic rings. The predicted molar refractivity (Wildman–Crippen MR) is 135 cm³/mol. The first-order valence-electron chi connectivity index (χ1n) is 12.0. The lowest BCUT2D eigenvalue weighted by molar-refractivity contribution is -0.138. The van der Waals surface area contributed by atoms with Crippen molar-refractivity contribution in [2.45, 2.75) is 12.6 Å². The largest absolute Gasteiger partial charge is 0.416 e. The van der Waals surface area contributed by atoms with Crippen LogP contribution in [-0.2, 0) is 11.0 Å². The molecule has 0 bridgehead atoms. The summed E-state index contributed by atoms with van der Waals surface area (Å²) in [5.41, 5.74) is -0.256. The Morgan fingerprint density at radius 1 is 1.03 bits per heavy atom. The first kappa shape index (κ1) is 24.7. The number of Topliss-reactive ketones (excluding diaryl/α,β-unsaturated/α-hetero) is 1. The number of carbonyl (C=O) groups excluding carboxylic acids is 2. The molecule has 1 amide bonds. The molecule has 0 saturated carbocycles. The molecule has 1 saturated heterocycles. The van der Waals surface area contributed by atoms with Gasteiger partial charge in [0.05, 0.1) is 11.1 Å². The number of carbonyl (C=O) groups is 2. The molecule has 3 aromatic rings. The van der Waals surface area contributed by atoms with Crippen LogP contribution < -0.4 is 10.6 Å². The molecule has 1 aliphatic carbocycles. The van der Waals surface area contributed by atoms with Crippen LogP contribution in [0.4, 0.5) is 18.9 Å². The van der Waals surface area contributed by atoms with Gasteiger partial charge in [0, 0.05) is 54.7 Å². The van der Waals surface area contributed by atoms with E-state index in [1.54, 1.807) is 53.5 Å². The van der Waals surface area contributed by atoms with Gasteiger partial charge in [0.1, 0.15) is 5.41 Å². The van der Waals surface area contributed by atoms with Gasteiger partial charge in [-0.15, -0.1) is 0 Å². The number of alkyl halides is 3. The average Bonchev–Trinajstić information content (AvgIpc) is 2.93. The van der Waals surface area contributed by atoms with Crippen LogP contribution in [0.5, 0.6) is 0 Å². The van der Waals surface area contributed by atoms with Crippen molar-refractivity contribution in [3.05, 3.63) is 95.8 Å². The molecule has 1 unspecified atom stereocenters. The fourth-order valence-electron chi connectivity index (χ4n) is 4.74. The predicted octanol–water partition coefficient (Wildman–Crippen LogP) is 4.81. The number of piperazine rings is 1. The van der Waals surface area contributed by atoms with Gasteiger partial charge in [-0.2, -0.15) is 13.2 Å². The molecule has 6 nitrogen and oxygen atoms in total. The summed E-state index contributed by atoms with van der Waals surface area (Å²) >= 11 is 0. The number of benzene rings is 2. The second kappa shape index (κ2) is 9.82. The lowest BCUT2D eigenvalue weighted by Gasteiger charge is -2.37. The number of amides is 1. The van der Waals surface area contributed by atoms with E-state index in [2.05, 4.69) is 15.6 Å². The normalized spacial score (nSPS) is 20.0. The van der Waals surface area contributed by atoms with Gasteiger partial charge in [0.15, 0.2) is 5.78 Å². The molecular formula is C28H25F3N4O2. The monoisotopic (exact) mass is 506 g/mol. The minimum atomic E-state index is -4.46. The van der Waals surface area contributed by atoms with Crippen LogP contribution in [0.1, 0.15) is 22.3 Å². The Kier molecular flexibility index (Phi) is 6.55. The molecule has 0 spiro atoms. The van der Waals surface area contributed by atoms with Gasteiger partial charge in [-0.1, -0.05) is 48.6 Å². The fourth-order valence-corrected chi connectivity index (χ4v) is 4.74.